The first-order chi connectivity index (χ1) is 13.2. The van der Waals surface area contributed by atoms with Crippen molar-refractivity contribution in [2.75, 3.05) is 13.1 Å². The first kappa shape index (κ1) is 17.5. The molecule has 0 unspecified atom stereocenters. The van der Waals surface area contributed by atoms with Crippen LogP contribution in [0.15, 0.2) is 48.9 Å². The fourth-order valence-corrected chi connectivity index (χ4v) is 3.65. The highest BCUT2D eigenvalue weighted by atomic mass is 19.1. The number of likely N-dealkylation sites (tertiary alicyclic amines) is 1. The molecule has 0 saturated carbocycles. The Kier molecular flexibility index (Phi) is 5.00. The highest BCUT2D eigenvalue weighted by molar-refractivity contribution is 5.99. The molecule has 0 spiro atoms. The molecule has 6 nitrogen and oxygen atoms in total. The number of amides is 1. The molecular weight excluding hydrogens is 345 g/mol. The van der Waals surface area contributed by atoms with Gasteiger partial charge in [-0.1, -0.05) is 12.1 Å². The number of aromatic nitrogens is 4. The van der Waals surface area contributed by atoms with Gasteiger partial charge >= 0.3 is 0 Å². The topological polar surface area (TPSA) is 66.8 Å². The van der Waals surface area contributed by atoms with Gasteiger partial charge in [0, 0.05) is 37.6 Å². The van der Waals surface area contributed by atoms with E-state index < -0.39 is 0 Å². The van der Waals surface area contributed by atoms with Crippen LogP contribution < -0.4 is 0 Å². The number of H-pyrrole nitrogens is 1. The van der Waals surface area contributed by atoms with Crippen LogP contribution in [0.3, 0.4) is 0 Å². The van der Waals surface area contributed by atoms with Crippen molar-refractivity contribution in [3.8, 4) is 11.3 Å². The summed E-state index contributed by atoms with van der Waals surface area (Å²) < 4.78 is 15.5. The fraction of sp³-hybridized carbons (Fsp3) is 0.350. The molecule has 0 radical (unpaired) electrons. The second-order valence-corrected chi connectivity index (χ2v) is 6.96. The van der Waals surface area contributed by atoms with Gasteiger partial charge in [-0.25, -0.2) is 4.39 Å². The average Bonchev–Trinajstić information content (AvgIpc) is 3.38. The average molecular weight is 367 g/mol. The van der Waals surface area contributed by atoms with Crippen LogP contribution in [0.25, 0.3) is 11.3 Å². The van der Waals surface area contributed by atoms with Gasteiger partial charge in [0.25, 0.3) is 5.91 Å². The molecule has 7 heteroatoms. The molecule has 0 bridgehead atoms. The molecule has 0 atom stereocenters. The smallest absolute Gasteiger partial charge is 0.257 e. The Labute approximate surface area is 157 Å². The van der Waals surface area contributed by atoms with E-state index in [1.165, 1.54) is 18.3 Å². The minimum atomic E-state index is -0.335. The van der Waals surface area contributed by atoms with E-state index in [0.29, 0.717) is 22.7 Å². The third-order valence-corrected chi connectivity index (χ3v) is 5.21. The van der Waals surface area contributed by atoms with Crippen molar-refractivity contribution in [3.05, 3.63) is 60.3 Å². The van der Waals surface area contributed by atoms with Crippen molar-refractivity contribution in [3.63, 3.8) is 0 Å². The number of piperidine rings is 1. The second kappa shape index (κ2) is 7.73. The van der Waals surface area contributed by atoms with Crippen LogP contribution >= 0.6 is 0 Å². The van der Waals surface area contributed by atoms with E-state index in [2.05, 4.69) is 15.3 Å². The van der Waals surface area contributed by atoms with Crippen molar-refractivity contribution in [2.24, 2.45) is 5.92 Å². The molecule has 1 aromatic carbocycles. The van der Waals surface area contributed by atoms with Gasteiger partial charge in [-0.15, -0.1) is 0 Å². The third-order valence-electron chi connectivity index (χ3n) is 5.21. The summed E-state index contributed by atoms with van der Waals surface area (Å²) in [5, 5.41) is 11.1. The van der Waals surface area contributed by atoms with Gasteiger partial charge in [-0.2, -0.15) is 10.2 Å². The van der Waals surface area contributed by atoms with Crippen molar-refractivity contribution in [2.45, 2.75) is 25.8 Å². The van der Waals surface area contributed by atoms with Gasteiger partial charge in [-0.05, 0) is 43.4 Å². The second-order valence-electron chi connectivity index (χ2n) is 6.96. The maximum atomic E-state index is 13.5. The lowest BCUT2D eigenvalue weighted by Gasteiger charge is -2.32. The van der Waals surface area contributed by atoms with Crippen molar-refractivity contribution >= 4 is 5.91 Å². The standard InChI is InChI=1S/C20H22FN5O/c21-17-4-1-3-16(13-17)19-18(14-22-24-19)20(27)25-10-5-15(6-11-25)7-12-26-9-2-8-23-26/h1-4,8-9,13-15H,5-7,10-12H2,(H,22,24). The Morgan fingerprint density at radius 1 is 1.26 bits per heavy atom. The molecule has 1 amide bonds. The van der Waals surface area contributed by atoms with E-state index in [1.54, 1.807) is 18.3 Å². The molecule has 1 saturated heterocycles. The number of aromatic amines is 1. The predicted octanol–water partition coefficient (Wildman–Crippen LogP) is 3.35. The number of hydrogen-bond acceptors (Lipinski definition) is 3. The van der Waals surface area contributed by atoms with Crippen LogP contribution in [0.2, 0.25) is 0 Å². The number of hydrogen-bond donors (Lipinski definition) is 1. The van der Waals surface area contributed by atoms with E-state index in [9.17, 15) is 9.18 Å². The molecule has 1 N–H and O–H groups in total. The molecule has 27 heavy (non-hydrogen) atoms. The van der Waals surface area contributed by atoms with E-state index in [0.717, 1.165) is 38.9 Å². The lowest BCUT2D eigenvalue weighted by Crippen LogP contribution is -2.38. The first-order valence-corrected chi connectivity index (χ1v) is 9.27. The largest absolute Gasteiger partial charge is 0.339 e. The lowest BCUT2D eigenvalue weighted by atomic mass is 9.93. The minimum Gasteiger partial charge on any atom is -0.339 e. The SMILES string of the molecule is O=C(c1cn[nH]c1-c1cccc(F)c1)N1CCC(CCn2cccn2)CC1. The molecule has 1 aliphatic rings. The zero-order valence-electron chi connectivity index (χ0n) is 15.0. The summed E-state index contributed by atoms with van der Waals surface area (Å²) in [4.78, 5) is 14.8. The number of nitrogens with one attached hydrogen (secondary N) is 1. The molecular formula is C20H22FN5O. The molecule has 3 heterocycles. The molecule has 4 rings (SSSR count). The minimum absolute atomic E-state index is 0.0477. The first-order valence-electron chi connectivity index (χ1n) is 9.27. The Hall–Kier alpha value is -2.96. The number of halogens is 1. The zero-order chi connectivity index (χ0) is 18.6. The summed E-state index contributed by atoms with van der Waals surface area (Å²) in [7, 11) is 0. The molecule has 140 valence electrons. The van der Waals surface area contributed by atoms with E-state index >= 15 is 0 Å². The molecule has 0 aliphatic carbocycles. The number of benzene rings is 1. The number of rotatable bonds is 5. The van der Waals surface area contributed by atoms with Crippen LogP contribution in [0, 0.1) is 11.7 Å². The lowest BCUT2D eigenvalue weighted by molar-refractivity contribution is 0.0685. The maximum Gasteiger partial charge on any atom is 0.257 e. The van der Waals surface area contributed by atoms with E-state index in [1.807, 2.05) is 21.8 Å². The van der Waals surface area contributed by atoms with Gasteiger partial charge in [-0.3, -0.25) is 14.6 Å². The molecule has 3 aromatic rings. The summed E-state index contributed by atoms with van der Waals surface area (Å²) in [5.74, 6) is 0.220. The highest BCUT2D eigenvalue weighted by Crippen LogP contribution is 2.26. The summed E-state index contributed by atoms with van der Waals surface area (Å²) in [5.41, 5.74) is 1.70. The quantitative estimate of drug-likeness (QED) is 0.752. The van der Waals surface area contributed by atoms with Crippen molar-refractivity contribution < 1.29 is 9.18 Å². The highest BCUT2D eigenvalue weighted by Gasteiger charge is 2.26. The Balaban J connectivity index is 1.38. The van der Waals surface area contributed by atoms with Gasteiger partial charge < -0.3 is 4.90 Å². The summed E-state index contributed by atoms with van der Waals surface area (Å²) in [6, 6.07) is 8.13. The van der Waals surface area contributed by atoms with Gasteiger partial charge in [0.05, 0.1) is 17.5 Å². The van der Waals surface area contributed by atoms with Gasteiger partial charge in [0.15, 0.2) is 0 Å². The number of nitrogens with zero attached hydrogens (tertiary/aromatic N) is 4. The van der Waals surface area contributed by atoms with Gasteiger partial charge in [0.2, 0.25) is 0 Å². The molecule has 1 fully saturated rings. The fourth-order valence-electron chi connectivity index (χ4n) is 3.65. The summed E-state index contributed by atoms with van der Waals surface area (Å²) in [6.07, 6.45) is 8.35. The predicted molar refractivity (Wildman–Crippen MR) is 99.5 cm³/mol. The van der Waals surface area contributed by atoms with Crippen LogP contribution in [-0.2, 0) is 6.54 Å². The van der Waals surface area contributed by atoms with Crippen LogP contribution in [0.1, 0.15) is 29.6 Å². The zero-order valence-corrected chi connectivity index (χ0v) is 15.0. The van der Waals surface area contributed by atoms with E-state index in [4.69, 9.17) is 0 Å². The molecule has 2 aromatic heterocycles. The third kappa shape index (κ3) is 3.92. The number of carbonyl (C=O) groups is 1. The van der Waals surface area contributed by atoms with Gasteiger partial charge in [0.1, 0.15) is 5.82 Å². The number of aryl methyl sites for hydroxylation is 1. The van der Waals surface area contributed by atoms with Crippen molar-refractivity contribution in [1.82, 2.24) is 24.9 Å². The molecule has 1 aliphatic heterocycles. The van der Waals surface area contributed by atoms with Crippen molar-refractivity contribution in [1.29, 1.82) is 0 Å². The summed E-state index contributed by atoms with van der Waals surface area (Å²) in [6.45, 7) is 2.38. The Morgan fingerprint density at radius 2 is 2.11 bits per heavy atom. The van der Waals surface area contributed by atoms with Crippen LogP contribution in [-0.4, -0.2) is 43.9 Å². The maximum absolute atomic E-state index is 13.5. The normalized spacial score (nSPS) is 15.2. The van der Waals surface area contributed by atoms with Crippen LogP contribution in [0.5, 0.6) is 0 Å². The van der Waals surface area contributed by atoms with E-state index in [-0.39, 0.29) is 11.7 Å². The Bertz CT molecular complexity index is 897. The Morgan fingerprint density at radius 3 is 2.85 bits per heavy atom. The number of carbonyl (C=O) groups excluding carboxylic acids is 1. The summed E-state index contributed by atoms with van der Waals surface area (Å²) >= 11 is 0. The monoisotopic (exact) mass is 367 g/mol. The van der Waals surface area contributed by atoms with Crippen LogP contribution in [0.4, 0.5) is 4.39 Å².